The summed E-state index contributed by atoms with van der Waals surface area (Å²) in [6.45, 7) is 1.05. The monoisotopic (exact) mass is 565 g/mol. The lowest BCUT2D eigenvalue weighted by Gasteiger charge is -2.34. The molecule has 40 heavy (non-hydrogen) atoms. The molecule has 0 radical (unpaired) electrons. The van der Waals surface area contributed by atoms with E-state index in [0.29, 0.717) is 11.3 Å². The average Bonchev–Trinajstić information content (AvgIpc) is 3.43. The van der Waals surface area contributed by atoms with Gasteiger partial charge >= 0.3 is 0 Å². The first-order chi connectivity index (χ1) is 19.1. The predicted molar refractivity (Wildman–Crippen MR) is 155 cm³/mol. The quantitative estimate of drug-likeness (QED) is 0.368. The molecule has 3 aromatic carbocycles. The smallest absolute Gasteiger partial charge is 0.244 e. The molecule has 9 heteroatoms. The van der Waals surface area contributed by atoms with Gasteiger partial charge in [0.05, 0.1) is 11.9 Å². The summed E-state index contributed by atoms with van der Waals surface area (Å²) in [6.07, 6.45) is 5.00. The second-order valence-corrected chi connectivity index (χ2v) is 12.3. The second-order valence-electron chi connectivity index (χ2n) is 10.4. The first kappa shape index (κ1) is 29.3. The van der Waals surface area contributed by atoms with Crippen molar-refractivity contribution in [1.82, 2.24) is 10.2 Å². The van der Waals surface area contributed by atoms with Crippen molar-refractivity contribution >= 4 is 27.5 Å². The molecule has 1 N–H and O–H groups in total. The molecule has 1 aliphatic carbocycles. The summed E-state index contributed by atoms with van der Waals surface area (Å²) in [4.78, 5) is 29.2. The second kappa shape index (κ2) is 13.1. The van der Waals surface area contributed by atoms with Crippen LogP contribution in [0.25, 0.3) is 0 Å². The Kier molecular flexibility index (Phi) is 9.58. The van der Waals surface area contributed by atoms with Crippen LogP contribution in [0.15, 0.2) is 78.9 Å². The third kappa shape index (κ3) is 7.47. The van der Waals surface area contributed by atoms with Crippen LogP contribution in [0, 0.1) is 12.7 Å². The summed E-state index contributed by atoms with van der Waals surface area (Å²) in [5.41, 5.74) is 2.13. The van der Waals surface area contributed by atoms with Crippen LogP contribution in [0.5, 0.6) is 0 Å². The fourth-order valence-corrected chi connectivity index (χ4v) is 6.08. The number of anilines is 1. The molecule has 0 heterocycles. The van der Waals surface area contributed by atoms with Crippen molar-refractivity contribution in [3.63, 3.8) is 0 Å². The highest BCUT2D eigenvalue weighted by molar-refractivity contribution is 7.92. The van der Waals surface area contributed by atoms with Gasteiger partial charge in [-0.3, -0.25) is 13.9 Å². The van der Waals surface area contributed by atoms with E-state index in [1.54, 1.807) is 49.4 Å². The van der Waals surface area contributed by atoms with Gasteiger partial charge in [0.15, 0.2) is 0 Å². The van der Waals surface area contributed by atoms with E-state index >= 15 is 0 Å². The summed E-state index contributed by atoms with van der Waals surface area (Å²) in [5.74, 6) is -1.43. The molecule has 4 rings (SSSR count). The van der Waals surface area contributed by atoms with Crippen molar-refractivity contribution in [1.29, 1.82) is 0 Å². The highest BCUT2D eigenvalue weighted by Gasteiger charge is 2.34. The van der Waals surface area contributed by atoms with Gasteiger partial charge in [-0.1, -0.05) is 79.6 Å². The van der Waals surface area contributed by atoms with Crippen molar-refractivity contribution in [2.75, 3.05) is 17.1 Å². The Balaban J connectivity index is 1.74. The van der Waals surface area contributed by atoms with Crippen LogP contribution >= 0.6 is 0 Å². The maximum atomic E-state index is 14.9. The Morgan fingerprint density at radius 2 is 1.57 bits per heavy atom. The van der Waals surface area contributed by atoms with Crippen LogP contribution in [-0.2, 0) is 32.6 Å². The van der Waals surface area contributed by atoms with E-state index in [9.17, 15) is 22.4 Å². The SMILES string of the molecule is Cc1ccccc1N(CC(=O)N(Cc1ccccc1F)[C@@H](Cc1ccccc1)C(=O)NC1CCCC1)S(C)(=O)=O. The largest absolute Gasteiger partial charge is 0.352 e. The molecular weight excluding hydrogens is 529 g/mol. The molecule has 0 aromatic heterocycles. The van der Waals surface area contributed by atoms with Crippen LogP contribution in [-0.4, -0.2) is 50.0 Å². The minimum atomic E-state index is -3.86. The molecule has 1 saturated carbocycles. The molecule has 1 atom stereocenters. The van der Waals surface area contributed by atoms with Gasteiger partial charge in [-0.2, -0.15) is 0 Å². The number of benzene rings is 3. The lowest BCUT2D eigenvalue weighted by atomic mass is 10.0. The van der Waals surface area contributed by atoms with Crippen molar-refractivity contribution < 1.29 is 22.4 Å². The molecule has 3 aromatic rings. The summed E-state index contributed by atoms with van der Waals surface area (Å²) in [6, 6.07) is 21.3. The maximum Gasteiger partial charge on any atom is 0.244 e. The third-order valence-corrected chi connectivity index (χ3v) is 8.46. The van der Waals surface area contributed by atoms with Gasteiger partial charge in [-0.25, -0.2) is 12.8 Å². The molecule has 2 amide bonds. The molecule has 0 bridgehead atoms. The summed E-state index contributed by atoms with van der Waals surface area (Å²) in [5, 5.41) is 3.10. The van der Waals surface area contributed by atoms with Crippen molar-refractivity contribution in [3.05, 3.63) is 101 Å². The first-order valence-electron chi connectivity index (χ1n) is 13.5. The van der Waals surface area contributed by atoms with Crippen molar-refractivity contribution in [2.24, 2.45) is 0 Å². The molecule has 212 valence electrons. The summed E-state index contributed by atoms with van der Waals surface area (Å²) < 4.78 is 41.7. The number of rotatable bonds is 11. The van der Waals surface area contributed by atoms with Gasteiger partial charge in [0.2, 0.25) is 21.8 Å². The lowest BCUT2D eigenvalue weighted by Crippen LogP contribution is -2.54. The number of nitrogens with zero attached hydrogens (tertiary/aromatic N) is 2. The van der Waals surface area contributed by atoms with E-state index in [0.717, 1.165) is 41.8 Å². The first-order valence-corrected chi connectivity index (χ1v) is 15.4. The van der Waals surface area contributed by atoms with E-state index < -0.39 is 34.3 Å². The Morgan fingerprint density at radius 1 is 0.950 bits per heavy atom. The lowest BCUT2D eigenvalue weighted by molar-refractivity contribution is -0.140. The van der Waals surface area contributed by atoms with Gasteiger partial charge < -0.3 is 10.2 Å². The fourth-order valence-electron chi connectivity index (χ4n) is 5.17. The number of carbonyl (C=O) groups excluding carboxylic acids is 2. The number of hydrogen-bond acceptors (Lipinski definition) is 4. The van der Waals surface area contributed by atoms with Crippen LogP contribution in [0.4, 0.5) is 10.1 Å². The number of sulfonamides is 1. The van der Waals surface area contributed by atoms with E-state index in [4.69, 9.17) is 0 Å². The molecule has 0 aliphatic heterocycles. The highest BCUT2D eigenvalue weighted by Crippen LogP contribution is 2.24. The minimum absolute atomic E-state index is 0.00988. The minimum Gasteiger partial charge on any atom is -0.352 e. The van der Waals surface area contributed by atoms with Gasteiger partial charge in [-0.05, 0) is 43.0 Å². The highest BCUT2D eigenvalue weighted by atomic mass is 32.2. The van der Waals surface area contributed by atoms with Gasteiger partial charge in [0.25, 0.3) is 0 Å². The van der Waals surface area contributed by atoms with E-state index in [-0.39, 0.29) is 30.5 Å². The third-order valence-electron chi connectivity index (χ3n) is 7.33. The number of aryl methyl sites for hydroxylation is 1. The van der Waals surface area contributed by atoms with Gasteiger partial charge in [0.1, 0.15) is 18.4 Å². The number of nitrogens with one attached hydrogen (secondary N) is 1. The molecule has 0 saturated heterocycles. The summed E-state index contributed by atoms with van der Waals surface area (Å²) in [7, 11) is -3.86. The Morgan fingerprint density at radius 3 is 2.23 bits per heavy atom. The fraction of sp³-hybridized carbons (Fsp3) is 0.355. The maximum absolute atomic E-state index is 14.9. The zero-order chi connectivity index (χ0) is 28.7. The molecular formula is C31H36FN3O4S. The zero-order valence-corrected chi connectivity index (χ0v) is 23.7. The molecule has 0 spiro atoms. The summed E-state index contributed by atoms with van der Waals surface area (Å²) >= 11 is 0. The average molecular weight is 566 g/mol. The van der Waals surface area contributed by atoms with E-state index in [1.807, 2.05) is 30.3 Å². The molecule has 1 aliphatic rings. The van der Waals surface area contributed by atoms with Gasteiger partial charge in [-0.15, -0.1) is 0 Å². The Hall–Kier alpha value is -3.72. The van der Waals surface area contributed by atoms with E-state index in [2.05, 4.69) is 5.32 Å². The standard InChI is InChI=1S/C31H36FN3O4S/c1-23-12-6-11-19-28(23)35(40(2,38)39)22-30(36)34(21-25-15-7-10-18-27(25)32)29(20-24-13-4-3-5-14-24)31(37)33-26-16-8-9-17-26/h3-7,10-15,18-19,26,29H,8-9,16-17,20-22H2,1-2H3,(H,33,37)/t29-/m0/s1. The predicted octanol–water partition coefficient (Wildman–Crippen LogP) is 4.60. The Labute approximate surface area is 236 Å². The van der Waals surface area contributed by atoms with Crippen LogP contribution < -0.4 is 9.62 Å². The molecule has 1 fully saturated rings. The van der Waals surface area contributed by atoms with Crippen molar-refractivity contribution in [3.8, 4) is 0 Å². The topological polar surface area (TPSA) is 86.8 Å². The number of amides is 2. The number of halogens is 1. The van der Waals surface area contributed by atoms with Gasteiger partial charge in [0, 0.05) is 24.6 Å². The molecule has 0 unspecified atom stereocenters. The van der Waals surface area contributed by atoms with Crippen LogP contribution in [0.1, 0.15) is 42.4 Å². The van der Waals surface area contributed by atoms with Crippen LogP contribution in [0.3, 0.4) is 0 Å². The number of carbonyl (C=O) groups is 2. The number of hydrogen-bond donors (Lipinski definition) is 1. The Bertz CT molecular complexity index is 1430. The van der Waals surface area contributed by atoms with E-state index in [1.165, 1.54) is 11.0 Å². The number of para-hydroxylation sites is 1. The molecule has 7 nitrogen and oxygen atoms in total. The zero-order valence-electron chi connectivity index (χ0n) is 22.9. The van der Waals surface area contributed by atoms with Crippen LogP contribution in [0.2, 0.25) is 0 Å². The normalized spacial score (nSPS) is 14.5. The van der Waals surface area contributed by atoms with Crippen molar-refractivity contribution in [2.45, 2.75) is 57.7 Å².